The number of likely N-dealkylation sites (tertiary alicyclic amines) is 1. The summed E-state index contributed by atoms with van der Waals surface area (Å²) in [7, 11) is 0. The fraction of sp³-hybridized carbons (Fsp3) is 0.727. The van der Waals surface area contributed by atoms with Crippen LogP contribution < -0.4 is 5.73 Å². The zero-order chi connectivity index (χ0) is 10.7. The number of rotatable bonds is 3. The first-order valence-electron chi connectivity index (χ1n) is 5.61. The average molecular weight is 262 g/mol. The summed E-state index contributed by atoms with van der Waals surface area (Å²) in [6.45, 7) is 6.36. The second kappa shape index (κ2) is 6.55. The Morgan fingerprint density at radius 3 is 3.06 bits per heavy atom. The number of hydrogen-bond acceptors (Lipinski definition) is 4. The van der Waals surface area contributed by atoms with Crippen molar-refractivity contribution in [2.24, 2.45) is 11.7 Å². The summed E-state index contributed by atoms with van der Waals surface area (Å²) in [4.78, 5) is 8.21. The van der Waals surface area contributed by atoms with Crippen molar-refractivity contribution >= 4 is 23.7 Å². The highest BCUT2D eigenvalue weighted by molar-refractivity contribution is 7.09. The molecule has 1 aromatic rings. The summed E-state index contributed by atoms with van der Waals surface area (Å²) in [6, 6.07) is 0. The first kappa shape index (κ1) is 13.9. The van der Waals surface area contributed by atoms with E-state index in [0.717, 1.165) is 19.6 Å². The van der Waals surface area contributed by atoms with E-state index in [1.807, 2.05) is 5.51 Å². The fourth-order valence-electron chi connectivity index (χ4n) is 2.17. The number of thiazole rings is 1. The van der Waals surface area contributed by atoms with Gasteiger partial charge in [0, 0.05) is 18.0 Å². The minimum atomic E-state index is 0. The standard InChI is InChI=1S/C11H19N3S.ClH/c1-9-11(15-8-13-9)7-14-4-2-3-10(5-12)6-14;/h8,10H,2-7,12H2,1H3;1H. The van der Waals surface area contributed by atoms with Gasteiger partial charge in [-0.05, 0) is 38.8 Å². The molecular formula is C11H20ClN3S. The van der Waals surface area contributed by atoms with Gasteiger partial charge in [-0.15, -0.1) is 23.7 Å². The van der Waals surface area contributed by atoms with Crippen molar-refractivity contribution in [1.29, 1.82) is 0 Å². The average Bonchev–Trinajstić information content (AvgIpc) is 2.65. The first-order chi connectivity index (χ1) is 7.29. The Kier molecular flexibility index (Phi) is 5.69. The molecule has 1 unspecified atom stereocenters. The van der Waals surface area contributed by atoms with Crippen LogP contribution in [0, 0.1) is 12.8 Å². The van der Waals surface area contributed by atoms with Crippen molar-refractivity contribution in [3.8, 4) is 0 Å². The molecule has 1 aliphatic heterocycles. The molecule has 0 saturated carbocycles. The summed E-state index contributed by atoms with van der Waals surface area (Å²) in [5.74, 6) is 0.701. The maximum Gasteiger partial charge on any atom is 0.0798 e. The molecule has 3 nitrogen and oxygen atoms in total. The highest BCUT2D eigenvalue weighted by Crippen LogP contribution is 2.20. The minimum Gasteiger partial charge on any atom is -0.330 e. The second-order valence-corrected chi connectivity index (χ2v) is 5.28. The van der Waals surface area contributed by atoms with Gasteiger partial charge in [0.05, 0.1) is 11.2 Å². The molecule has 0 radical (unpaired) electrons. The van der Waals surface area contributed by atoms with Crippen LogP contribution in [0.3, 0.4) is 0 Å². The van der Waals surface area contributed by atoms with Crippen LogP contribution in [0.1, 0.15) is 23.4 Å². The topological polar surface area (TPSA) is 42.2 Å². The van der Waals surface area contributed by atoms with E-state index < -0.39 is 0 Å². The minimum absolute atomic E-state index is 0. The third-order valence-electron chi connectivity index (χ3n) is 3.15. The lowest BCUT2D eigenvalue weighted by molar-refractivity contribution is 0.172. The Hall–Kier alpha value is -0.160. The Bertz CT molecular complexity index is 316. The molecule has 2 rings (SSSR count). The van der Waals surface area contributed by atoms with Gasteiger partial charge in [0.1, 0.15) is 0 Å². The maximum absolute atomic E-state index is 5.73. The van der Waals surface area contributed by atoms with Gasteiger partial charge < -0.3 is 5.73 Å². The largest absolute Gasteiger partial charge is 0.330 e. The fourth-order valence-corrected chi connectivity index (χ4v) is 2.99. The van der Waals surface area contributed by atoms with Gasteiger partial charge in [-0.25, -0.2) is 4.98 Å². The number of piperidine rings is 1. The molecule has 2 heterocycles. The molecule has 1 aromatic heterocycles. The van der Waals surface area contributed by atoms with Gasteiger partial charge in [0.2, 0.25) is 0 Å². The van der Waals surface area contributed by atoms with Crippen molar-refractivity contribution in [2.75, 3.05) is 19.6 Å². The van der Waals surface area contributed by atoms with Crippen LogP contribution in [0.15, 0.2) is 5.51 Å². The third-order valence-corrected chi connectivity index (χ3v) is 4.07. The van der Waals surface area contributed by atoms with Gasteiger partial charge in [-0.1, -0.05) is 0 Å². The van der Waals surface area contributed by atoms with E-state index in [1.165, 1.54) is 30.0 Å². The highest BCUT2D eigenvalue weighted by Gasteiger charge is 2.19. The van der Waals surface area contributed by atoms with Crippen LogP contribution in [0.25, 0.3) is 0 Å². The Morgan fingerprint density at radius 2 is 2.44 bits per heavy atom. The normalized spacial score (nSPS) is 21.8. The molecule has 5 heteroatoms. The summed E-state index contributed by atoms with van der Waals surface area (Å²) in [6.07, 6.45) is 2.59. The molecule has 1 aliphatic rings. The van der Waals surface area contributed by atoms with E-state index >= 15 is 0 Å². The monoisotopic (exact) mass is 261 g/mol. The first-order valence-corrected chi connectivity index (χ1v) is 6.49. The van der Waals surface area contributed by atoms with Crippen molar-refractivity contribution in [3.05, 3.63) is 16.1 Å². The Morgan fingerprint density at radius 1 is 1.62 bits per heavy atom. The number of nitrogens with two attached hydrogens (primary N) is 1. The van der Waals surface area contributed by atoms with Gasteiger partial charge in [0.15, 0.2) is 0 Å². The van der Waals surface area contributed by atoms with E-state index in [4.69, 9.17) is 5.73 Å². The summed E-state index contributed by atoms with van der Waals surface area (Å²) >= 11 is 1.77. The molecule has 0 bridgehead atoms. The van der Waals surface area contributed by atoms with Gasteiger partial charge >= 0.3 is 0 Å². The van der Waals surface area contributed by atoms with Crippen molar-refractivity contribution in [2.45, 2.75) is 26.3 Å². The SMILES string of the molecule is Cc1ncsc1CN1CCCC(CN)C1.Cl. The zero-order valence-electron chi connectivity index (χ0n) is 9.69. The summed E-state index contributed by atoms with van der Waals surface area (Å²) in [5, 5.41) is 0. The number of nitrogens with zero attached hydrogens (tertiary/aromatic N) is 2. The maximum atomic E-state index is 5.73. The second-order valence-electron chi connectivity index (χ2n) is 4.34. The Labute approximate surface area is 107 Å². The molecule has 92 valence electrons. The molecule has 2 N–H and O–H groups in total. The lowest BCUT2D eigenvalue weighted by atomic mass is 9.98. The van der Waals surface area contributed by atoms with Crippen LogP contribution in [0.4, 0.5) is 0 Å². The van der Waals surface area contributed by atoms with Crippen molar-refractivity contribution in [1.82, 2.24) is 9.88 Å². The molecular weight excluding hydrogens is 242 g/mol. The van der Waals surface area contributed by atoms with Gasteiger partial charge in [0.25, 0.3) is 0 Å². The number of aromatic nitrogens is 1. The lowest BCUT2D eigenvalue weighted by Crippen LogP contribution is -2.37. The molecule has 0 aliphatic carbocycles. The third kappa shape index (κ3) is 3.42. The molecule has 1 fully saturated rings. The molecule has 0 aromatic carbocycles. The highest BCUT2D eigenvalue weighted by atomic mass is 35.5. The number of halogens is 1. The van der Waals surface area contributed by atoms with Crippen molar-refractivity contribution < 1.29 is 0 Å². The summed E-state index contributed by atoms with van der Waals surface area (Å²) < 4.78 is 0. The van der Waals surface area contributed by atoms with E-state index in [2.05, 4.69) is 16.8 Å². The van der Waals surface area contributed by atoms with Gasteiger partial charge in [-0.3, -0.25) is 4.90 Å². The van der Waals surface area contributed by atoms with Crippen LogP contribution >= 0.6 is 23.7 Å². The number of hydrogen-bond donors (Lipinski definition) is 1. The van der Waals surface area contributed by atoms with E-state index in [9.17, 15) is 0 Å². The van der Waals surface area contributed by atoms with E-state index in [-0.39, 0.29) is 12.4 Å². The molecule has 0 amide bonds. The molecule has 1 saturated heterocycles. The van der Waals surface area contributed by atoms with Crippen LogP contribution in [0.2, 0.25) is 0 Å². The Balaban J connectivity index is 0.00000128. The quantitative estimate of drug-likeness (QED) is 0.906. The molecule has 0 spiro atoms. The van der Waals surface area contributed by atoms with E-state index in [0.29, 0.717) is 5.92 Å². The van der Waals surface area contributed by atoms with Crippen LogP contribution in [-0.2, 0) is 6.54 Å². The van der Waals surface area contributed by atoms with Crippen LogP contribution in [0.5, 0.6) is 0 Å². The van der Waals surface area contributed by atoms with Gasteiger partial charge in [-0.2, -0.15) is 0 Å². The lowest BCUT2D eigenvalue weighted by Gasteiger charge is -2.31. The summed E-state index contributed by atoms with van der Waals surface area (Å²) in [5.41, 5.74) is 8.86. The smallest absolute Gasteiger partial charge is 0.0798 e. The predicted molar refractivity (Wildman–Crippen MR) is 71.2 cm³/mol. The predicted octanol–water partition coefficient (Wildman–Crippen LogP) is 2.04. The van der Waals surface area contributed by atoms with E-state index in [1.54, 1.807) is 11.3 Å². The van der Waals surface area contributed by atoms with Crippen molar-refractivity contribution in [3.63, 3.8) is 0 Å². The zero-order valence-corrected chi connectivity index (χ0v) is 11.3. The molecule has 16 heavy (non-hydrogen) atoms. The number of aryl methyl sites for hydroxylation is 1. The van der Waals surface area contributed by atoms with Crippen LogP contribution in [-0.4, -0.2) is 29.5 Å². The molecule has 1 atom stereocenters.